The molecule has 1 rings (SSSR count). The number of nitrogens with zero attached hydrogens (tertiary/aromatic N) is 1. The highest BCUT2D eigenvalue weighted by Gasteiger charge is 2.33. The maximum Gasteiger partial charge on any atom is 0.408 e. The van der Waals surface area contributed by atoms with E-state index < -0.39 is 41.7 Å². The van der Waals surface area contributed by atoms with E-state index in [9.17, 15) is 29.1 Å². The van der Waals surface area contributed by atoms with E-state index in [0.717, 1.165) is 17.4 Å². The maximum absolute atomic E-state index is 13.2. The minimum Gasteiger partial charge on any atom is -0.465 e. The Kier molecular flexibility index (Phi) is 11.0. The lowest BCUT2D eigenvalue weighted by atomic mass is 9.99. The molecule has 4 N–H and O–H groups in total. The van der Waals surface area contributed by atoms with Gasteiger partial charge >= 0.3 is 12.0 Å². The summed E-state index contributed by atoms with van der Waals surface area (Å²) >= 11 is 0. The summed E-state index contributed by atoms with van der Waals surface area (Å²) in [6.07, 6.45) is -0.756. The fraction of sp³-hybridized carbons (Fsp3) is 0.522. The molecule has 182 valence electrons. The number of hydrazine groups is 1. The van der Waals surface area contributed by atoms with Gasteiger partial charge < -0.3 is 10.4 Å². The van der Waals surface area contributed by atoms with E-state index in [0.29, 0.717) is 0 Å². The van der Waals surface area contributed by atoms with Gasteiger partial charge in [0, 0.05) is 13.5 Å². The molecule has 0 saturated heterocycles. The highest BCUT2D eigenvalue weighted by atomic mass is 16.4. The zero-order valence-electron chi connectivity index (χ0n) is 19.8. The van der Waals surface area contributed by atoms with Crippen LogP contribution in [0, 0.1) is 11.8 Å². The normalized spacial score (nSPS) is 12.6. The van der Waals surface area contributed by atoms with Gasteiger partial charge in [-0.25, -0.2) is 4.79 Å². The van der Waals surface area contributed by atoms with Gasteiger partial charge in [0.25, 0.3) is 5.91 Å². The average molecular weight is 463 g/mol. The lowest BCUT2D eigenvalue weighted by Crippen LogP contribution is -2.57. The summed E-state index contributed by atoms with van der Waals surface area (Å²) < 4.78 is 0. The summed E-state index contributed by atoms with van der Waals surface area (Å²) in [7, 11) is 0. The van der Waals surface area contributed by atoms with Gasteiger partial charge in [-0.2, -0.15) is 0 Å². The SMILES string of the molecule is CC(=O)C(=O)NNC(=O)[C@H](CC(C)C)NC(=O)[C@H](CC(C)C)N(Cc1ccccc1)C(=O)O. The number of ketones is 1. The van der Waals surface area contributed by atoms with E-state index in [4.69, 9.17) is 0 Å². The first kappa shape index (κ1) is 27.6. The van der Waals surface area contributed by atoms with Gasteiger partial charge in [-0.1, -0.05) is 58.0 Å². The smallest absolute Gasteiger partial charge is 0.408 e. The van der Waals surface area contributed by atoms with Gasteiger partial charge in [-0.15, -0.1) is 0 Å². The molecule has 33 heavy (non-hydrogen) atoms. The van der Waals surface area contributed by atoms with E-state index >= 15 is 0 Å². The number of rotatable bonds is 11. The predicted molar refractivity (Wildman–Crippen MR) is 122 cm³/mol. The Bertz CT molecular complexity index is 841. The molecule has 10 nitrogen and oxygen atoms in total. The molecule has 0 fully saturated rings. The van der Waals surface area contributed by atoms with Crippen molar-refractivity contribution in [1.82, 2.24) is 21.1 Å². The summed E-state index contributed by atoms with van der Waals surface area (Å²) in [5.74, 6) is -3.08. The van der Waals surface area contributed by atoms with Crippen LogP contribution in [0.15, 0.2) is 30.3 Å². The van der Waals surface area contributed by atoms with E-state index in [1.54, 1.807) is 24.3 Å². The van der Waals surface area contributed by atoms with E-state index in [-0.39, 0.29) is 31.2 Å². The van der Waals surface area contributed by atoms with Gasteiger partial charge in [0.1, 0.15) is 12.1 Å². The van der Waals surface area contributed by atoms with Crippen LogP contribution in [0.25, 0.3) is 0 Å². The Morgan fingerprint density at radius 3 is 1.94 bits per heavy atom. The lowest BCUT2D eigenvalue weighted by molar-refractivity contribution is -0.139. The Hall–Kier alpha value is -3.43. The third-order valence-electron chi connectivity index (χ3n) is 4.77. The van der Waals surface area contributed by atoms with Gasteiger partial charge in [-0.3, -0.25) is 34.9 Å². The van der Waals surface area contributed by atoms with Crippen molar-refractivity contribution in [1.29, 1.82) is 0 Å². The molecule has 1 aromatic carbocycles. The van der Waals surface area contributed by atoms with Crippen molar-refractivity contribution >= 4 is 29.6 Å². The molecule has 0 aliphatic carbocycles. The van der Waals surface area contributed by atoms with E-state index in [2.05, 4.69) is 10.7 Å². The molecule has 0 bridgehead atoms. The topological polar surface area (TPSA) is 145 Å². The third-order valence-corrected chi connectivity index (χ3v) is 4.77. The number of carboxylic acid groups (broad SMARTS) is 1. The van der Waals surface area contributed by atoms with Gasteiger partial charge in [0.15, 0.2) is 0 Å². The first-order valence-electron chi connectivity index (χ1n) is 10.9. The first-order chi connectivity index (χ1) is 15.4. The highest BCUT2D eigenvalue weighted by molar-refractivity contribution is 6.35. The molecular formula is C23H34N4O6. The Morgan fingerprint density at radius 2 is 1.45 bits per heavy atom. The summed E-state index contributed by atoms with van der Waals surface area (Å²) in [4.78, 5) is 61.5. The van der Waals surface area contributed by atoms with E-state index in [1.807, 2.05) is 39.2 Å². The molecule has 1 aromatic rings. The fourth-order valence-electron chi connectivity index (χ4n) is 3.18. The molecule has 0 aliphatic rings. The molecule has 0 aromatic heterocycles. The van der Waals surface area contributed by atoms with Crippen molar-refractivity contribution in [2.24, 2.45) is 11.8 Å². The van der Waals surface area contributed by atoms with E-state index in [1.165, 1.54) is 0 Å². The van der Waals surface area contributed by atoms with Crippen LogP contribution in [0.1, 0.15) is 53.0 Å². The number of carbonyl (C=O) groups is 5. The number of Topliss-reactive ketones (excluding diaryl/α,β-unsaturated/α-hetero) is 1. The predicted octanol–water partition coefficient (Wildman–Crippen LogP) is 1.85. The summed E-state index contributed by atoms with van der Waals surface area (Å²) in [6.45, 7) is 8.52. The Balaban J connectivity index is 3.09. The zero-order valence-corrected chi connectivity index (χ0v) is 19.8. The van der Waals surface area contributed by atoms with Crippen molar-refractivity contribution in [2.45, 2.75) is 66.1 Å². The summed E-state index contributed by atoms with van der Waals surface area (Å²) in [5.41, 5.74) is 4.87. The molecule has 0 radical (unpaired) electrons. The van der Waals surface area contributed by atoms with Crippen LogP contribution >= 0.6 is 0 Å². The third kappa shape index (κ3) is 9.71. The quantitative estimate of drug-likeness (QED) is 0.292. The molecule has 2 atom stereocenters. The number of hydrogen-bond donors (Lipinski definition) is 4. The van der Waals surface area contributed by atoms with Crippen molar-refractivity contribution in [3.8, 4) is 0 Å². The van der Waals surface area contributed by atoms with Crippen LogP contribution in [0.4, 0.5) is 4.79 Å². The van der Waals surface area contributed by atoms with Crippen LogP contribution < -0.4 is 16.2 Å². The standard InChI is InChI=1S/C23H34N4O6/c1-14(2)11-18(21(30)26-25-20(29)16(5)28)24-22(31)19(12-15(3)4)27(23(32)33)13-17-9-7-6-8-10-17/h6-10,14-15,18-19H,11-13H2,1-5H3,(H,24,31)(H,25,29)(H,26,30)(H,32,33)/t18-,19-/m0/s1. The number of carbonyl (C=O) groups excluding carboxylic acids is 4. The minimum atomic E-state index is -1.25. The number of nitrogens with one attached hydrogen (secondary N) is 3. The van der Waals surface area contributed by atoms with Crippen molar-refractivity contribution in [3.05, 3.63) is 35.9 Å². The highest BCUT2D eigenvalue weighted by Crippen LogP contribution is 2.17. The molecule has 0 spiro atoms. The zero-order chi connectivity index (χ0) is 25.1. The van der Waals surface area contributed by atoms with Gasteiger partial charge in [0.05, 0.1) is 0 Å². The number of benzene rings is 1. The molecule has 0 saturated carbocycles. The molecular weight excluding hydrogens is 428 g/mol. The number of amides is 4. The van der Waals surface area contributed by atoms with Gasteiger partial charge in [-0.05, 0) is 30.2 Å². The van der Waals surface area contributed by atoms with Crippen LogP contribution in [0.5, 0.6) is 0 Å². The molecule has 0 aliphatic heterocycles. The molecule has 4 amide bonds. The maximum atomic E-state index is 13.2. The molecule has 0 unspecified atom stereocenters. The first-order valence-corrected chi connectivity index (χ1v) is 10.9. The largest absolute Gasteiger partial charge is 0.465 e. The van der Waals surface area contributed by atoms with Crippen LogP contribution in [0.2, 0.25) is 0 Å². The second-order valence-corrected chi connectivity index (χ2v) is 8.73. The van der Waals surface area contributed by atoms with Crippen LogP contribution in [0.3, 0.4) is 0 Å². The fourth-order valence-corrected chi connectivity index (χ4v) is 3.18. The van der Waals surface area contributed by atoms with Crippen LogP contribution in [-0.2, 0) is 25.7 Å². The second-order valence-electron chi connectivity index (χ2n) is 8.73. The molecule has 10 heteroatoms. The van der Waals surface area contributed by atoms with Crippen molar-refractivity contribution in [2.75, 3.05) is 0 Å². The number of hydrogen-bond acceptors (Lipinski definition) is 5. The monoisotopic (exact) mass is 462 g/mol. The summed E-state index contributed by atoms with van der Waals surface area (Å²) in [5, 5.41) is 12.5. The Morgan fingerprint density at radius 1 is 0.879 bits per heavy atom. The molecule has 0 heterocycles. The van der Waals surface area contributed by atoms with Gasteiger partial charge in [0.2, 0.25) is 11.7 Å². The van der Waals surface area contributed by atoms with Crippen molar-refractivity contribution < 1.29 is 29.1 Å². The average Bonchev–Trinajstić information content (AvgIpc) is 2.73. The van der Waals surface area contributed by atoms with Crippen molar-refractivity contribution in [3.63, 3.8) is 0 Å². The lowest BCUT2D eigenvalue weighted by Gasteiger charge is -2.31. The van der Waals surface area contributed by atoms with Crippen LogP contribution in [-0.4, -0.2) is 51.7 Å². The second kappa shape index (κ2) is 13.2. The Labute approximate surface area is 194 Å². The minimum absolute atomic E-state index is 0.00519. The summed E-state index contributed by atoms with van der Waals surface area (Å²) in [6, 6.07) is 6.85.